The maximum absolute atomic E-state index is 11.8. The van der Waals surface area contributed by atoms with Crippen LogP contribution in [0.15, 0.2) is 47.6 Å². The number of ether oxygens (including phenoxy) is 1. The van der Waals surface area contributed by atoms with Gasteiger partial charge in [-0.1, -0.05) is 29.8 Å². The van der Waals surface area contributed by atoms with Crippen molar-refractivity contribution in [3.63, 3.8) is 0 Å². The Labute approximate surface area is 145 Å². The van der Waals surface area contributed by atoms with Crippen LogP contribution in [0, 0.1) is 6.92 Å². The van der Waals surface area contributed by atoms with Gasteiger partial charge in [0.15, 0.2) is 6.61 Å². The van der Waals surface area contributed by atoms with Gasteiger partial charge in [-0.25, -0.2) is 5.43 Å². The molecular formula is C19H19N3O3. The molecule has 1 heterocycles. The number of rotatable bonds is 5. The predicted octanol–water partition coefficient (Wildman–Crippen LogP) is 2.41. The third-order valence-electron chi connectivity index (χ3n) is 3.82. The summed E-state index contributed by atoms with van der Waals surface area (Å²) in [6.07, 6.45) is 2.72. The van der Waals surface area contributed by atoms with Crippen LogP contribution in [0.25, 0.3) is 0 Å². The molecule has 2 aromatic carbocycles. The fourth-order valence-electron chi connectivity index (χ4n) is 2.46. The Morgan fingerprint density at radius 3 is 2.84 bits per heavy atom. The number of hydrogen-bond donors (Lipinski definition) is 2. The highest BCUT2D eigenvalue weighted by atomic mass is 16.5. The van der Waals surface area contributed by atoms with Gasteiger partial charge in [-0.15, -0.1) is 0 Å². The molecule has 0 bridgehead atoms. The molecule has 0 atom stereocenters. The van der Waals surface area contributed by atoms with Gasteiger partial charge in [0.25, 0.3) is 5.91 Å². The second-order valence-corrected chi connectivity index (χ2v) is 5.86. The minimum Gasteiger partial charge on any atom is -0.484 e. The topological polar surface area (TPSA) is 79.8 Å². The first-order valence-corrected chi connectivity index (χ1v) is 8.04. The van der Waals surface area contributed by atoms with Crippen molar-refractivity contribution in [2.24, 2.45) is 5.10 Å². The molecule has 25 heavy (non-hydrogen) atoms. The van der Waals surface area contributed by atoms with Crippen LogP contribution in [0.3, 0.4) is 0 Å². The van der Waals surface area contributed by atoms with Crippen molar-refractivity contribution in [3.05, 3.63) is 59.2 Å². The van der Waals surface area contributed by atoms with Crippen molar-refractivity contribution < 1.29 is 14.3 Å². The van der Waals surface area contributed by atoms with E-state index >= 15 is 0 Å². The molecule has 2 aromatic rings. The molecular weight excluding hydrogens is 318 g/mol. The normalized spacial score (nSPS) is 13.2. The summed E-state index contributed by atoms with van der Waals surface area (Å²) in [4.78, 5) is 23.1. The molecule has 1 aliphatic rings. The number of nitrogens with one attached hydrogen (secondary N) is 2. The zero-order valence-electron chi connectivity index (χ0n) is 13.9. The summed E-state index contributed by atoms with van der Waals surface area (Å²) < 4.78 is 5.48. The zero-order valence-corrected chi connectivity index (χ0v) is 13.9. The fourth-order valence-corrected chi connectivity index (χ4v) is 2.46. The number of carbonyl (C=O) groups is 2. The SMILES string of the molecule is Cc1ccc(/C=N/NC(=O)COc2ccc3c(c2)CCC(=O)N3)cc1. The molecule has 0 aromatic heterocycles. The standard InChI is InChI=1S/C19H19N3O3/c1-13-2-4-14(5-3-13)11-20-22-19(24)12-25-16-7-8-17-15(10-16)6-9-18(23)21-17/h2-5,7-8,10-11H,6,9,12H2,1H3,(H,21,23)(H,22,24)/b20-11+. The van der Waals surface area contributed by atoms with E-state index in [1.807, 2.05) is 37.3 Å². The molecule has 6 heteroatoms. The van der Waals surface area contributed by atoms with Crippen molar-refractivity contribution in [2.75, 3.05) is 11.9 Å². The summed E-state index contributed by atoms with van der Waals surface area (Å²) >= 11 is 0. The number of hydrogen-bond acceptors (Lipinski definition) is 4. The maximum atomic E-state index is 11.8. The fraction of sp³-hybridized carbons (Fsp3) is 0.211. The summed E-state index contributed by atoms with van der Waals surface area (Å²) in [7, 11) is 0. The van der Waals surface area contributed by atoms with E-state index in [0.717, 1.165) is 16.8 Å². The van der Waals surface area contributed by atoms with Crippen LogP contribution in [-0.4, -0.2) is 24.6 Å². The van der Waals surface area contributed by atoms with Gasteiger partial charge in [-0.05, 0) is 42.7 Å². The van der Waals surface area contributed by atoms with Crippen LogP contribution >= 0.6 is 0 Å². The van der Waals surface area contributed by atoms with Gasteiger partial charge >= 0.3 is 0 Å². The van der Waals surface area contributed by atoms with Gasteiger partial charge in [0.1, 0.15) is 5.75 Å². The van der Waals surface area contributed by atoms with Gasteiger partial charge in [0.2, 0.25) is 5.91 Å². The zero-order chi connectivity index (χ0) is 17.6. The maximum Gasteiger partial charge on any atom is 0.277 e. The predicted molar refractivity (Wildman–Crippen MR) is 95.8 cm³/mol. The van der Waals surface area contributed by atoms with E-state index in [1.165, 1.54) is 5.56 Å². The van der Waals surface area contributed by atoms with Crippen LogP contribution in [0.2, 0.25) is 0 Å². The van der Waals surface area contributed by atoms with E-state index in [0.29, 0.717) is 18.6 Å². The Bertz CT molecular complexity index is 813. The number of anilines is 1. The lowest BCUT2D eigenvalue weighted by molar-refractivity contribution is -0.123. The molecule has 3 rings (SSSR count). The summed E-state index contributed by atoms with van der Waals surface area (Å²) in [5.74, 6) is 0.272. The Kier molecular flexibility index (Phi) is 5.09. The highest BCUT2D eigenvalue weighted by molar-refractivity contribution is 5.94. The molecule has 2 N–H and O–H groups in total. The van der Waals surface area contributed by atoms with Crippen LogP contribution in [-0.2, 0) is 16.0 Å². The van der Waals surface area contributed by atoms with E-state index in [4.69, 9.17) is 4.74 Å². The van der Waals surface area contributed by atoms with Gasteiger partial charge in [-0.2, -0.15) is 5.10 Å². The first-order chi connectivity index (χ1) is 12.1. The number of fused-ring (bicyclic) bond motifs is 1. The largest absolute Gasteiger partial charge is 0.484 e. The van der Waals surface area contributed by atoms with Gasteiger partial charge in [0.05, 0.1) is 6.21 Å². The minimum absolute atomic E-state index is 0.0204. The van der Waals surface area contributed by atoms with Crippen LogP contribution in [0.5, 0.6) is 5.75 Å². The molecule has 0 saturated carbocycles. The monoisotopic (exact) mass is 337 g/mol. The molecule has 2 amide bonds. The molecule has 0 saturated heterocycles. The minimum atomic E-state index is -0.339. The third-order valence-corrected chi connectivity index (χ3v) is 3.82. The Morgan fingerprint density at radius 1 is 1.24 bits per heavy atom. The molecule has 128 valence electrons. The van der Waals surface area contributed by atoms with E-state index in [-0.39, 0.29) is 18.4 Å². The summed E-state index contributed by atoms with van der Waals surface area (Å²) in [6, 6.07) is 13.2. The Hall–Kier alpha value is -3.15. The highest BCUT2D eigenvalue weighted by Gasteiger charge is 2.15. The van der Waals surface area contributed by atoms with Crippen molar-refractivity contribution in [1.82, 2.24) is 5.43 Å². The van der Waals surface area contributed by atoms with Crippen molar-refractivity contribution >= 4 is 23.7 Å². The second kappa shape index (κ2) is 7.61. The molecule has 0 unspecified atom stereocenters. The lowest BCUT2D eigenvalue weighted by Gasteiger charge is -2.17. The number of aryl methyl sites for hydroxylation is 2. The highest BCUT2D eigenvalue weighted by Crippen LogP contribution is 2.26. The van der Waals surface area contributed by atoms with Crippen molar-refractivity contribution in [2.45, 2.75) is 19.8 Å². The van der Waals surface area contributed by atoms with Gasteiger partial charge in [0, 0.05) is 12.1 Å². The van der Waals surface area contributed by atoms with E-state index < -0.39 is 0 Å². The third kappa shape index (κ3) is 4.67. The van der Waals surface area contributed by atoms with E-state index in [1.54, 1.807) is 18.3 Å². The molecule has 0 spiro atoms. The number of amides is 2. The second-order valence-electron chi connectivity index (χ2n) is 5.86. The first-order valence-electron chi connectivity index (χ1n) is 8.04. The van der Waals surface area contributed by atoms with Crippen LogP contribution < -0.4 is 15.5 Å². The number of carbonyl (C=O) groups excluding carboxylic acids is 2. The van der Waals surface area contributed by atoms with Crippen molar-refractivity contribution in [1.29, 1.82) is 0 Å². The van der Waals surface area contributed by atoms with Crippen LogP contribution in [0.4, 0.5) is 5.69 Å². The average molecular weight is 337 g/mol. The number of nitrogens with zero attached hydrogens (tertiary/aromatic N) is 1. The number of benzene rings is 2. The molecule has 0 aliphatic carbocycles. The summed E-state index contributed by atoms with van der Waals surface area (Å²) in [5, 5.41) is 6.72. The van der Waals surface area contributed by atoms with Crippen molar-refractivity contribution in [3.8, 4) is 5.75 Å². The molecule has 0 fully saturated rings. The molecule has 1 aliphatic heterocycles. The quantitative estimate of drug-likeness (QED) is 0.649. The lowest BCUT2D eigenvalue weighted by atomic mass is 10.0. The number of hydrazone groups is 1. The summed E-state index contributed by atoms with van der Waals surface area (Å²) in [5.41, 5.74) is 6.32. The lowest BCUT2D eigenvalue weighted by Crippen LogP contribution is -2.24. The van der Waals surface area contributed by atoms with Gasteiger partial charge in [-0.3, -0.25) is 9.59 Å². The molecule has 0 radical (unpaired) electrons. The van der Waals surface area contributed by atoms with E-state index in [9.17, 15) is 9.59 Å². The van der Waals surface area contributed by atoms with Crippen LogP contribution in [0.1, 0.15) is 23.1 Å². The van der Waals surface area contributed by atoms with Gasteiger partial charge < -0.3 is 10.1 Å². The summed E-state index contributed by atoms with van der Waals surface area (Å²) in [6.45, 7) is 1.88. The first kappa shape index (κ1) is 16.7. The molecule has 6 nitrogen and oxygen atoms in total. The Balaban J connectivity index is 1.49. The van der Waals surface area contributed by atoms with E-state index in [2.05, 4.69) is 15.8 Å². The Morgan fingerprint density at radius 2 is 2.04 bits per heavy atom. The average Bonchev–Trinajstić information content (AvgIpc) is 2.61. The smallest absolute Gasteiger partial charge is 0.277 e.